The molecule has 2 heterocycles. The minimum Gasteiger partial charge on any atom is -0.425 e. The third kappa shape index (κ3) is 3.28. The first-order chi connectivity index (χ1) is 9.19. The highest BCUT2D eigenvalue weighted by atomic mass is 32.1. The molecule has 0 amide bonds. The van der Waals surface area contributed by atoms with Crippen LogP contribution in [0.15, 0.2) is 17.9 Å². The highest BCUT2D eigenvalue weighted by Crippen LogP contribution is 2.24. The highest BCUT2D eigenvalue weighted by Gasteiger charge is 2.35. The summed E-state index contributed by atoms with van der Waals surface area (Å²) >= 11 is 1.54. The molecule has 1 N–H and O–H groups in total. The van der Waals surface area contributed by atoms with Crippen LogP contribution < -0.4 is 5.59 Å². The van der Waals surface area contributed by atoms with Gasteiger partial charge in [-0.1, -0.05) is 0 Å². The van der Waals surface area contributed by atoms with Gasteiger partial charge in [-0.25, -0.2) is 9.97 Å². The molecule has 0 bridgehead atoms. The van der Waals surface area contributed by atoms with Crippen LogP contribution in [0.3, 0.4) is 0 Å². The van der Waals surface area contributed by atoms with Crippen molar-refractivity contribution in [1.29, 1.82) is 0 Å². The molecule has 2 rings (SSSR count). The molecule has 5 nitrogen and oxygen atoms in total. The average molecular weight is 293 g/mol. The van der Waals surface area contributed by atoms with Crippen LogP contribution in [0.5, 0.6) is 0 Å². The van der Waals surface area contributed by atoms with Crippen LogP contribution in [0.4, 0.5) is 0 Å². The van der Waals surface area contributed by atoms with Crippen molar-refractivity contribution >= 4 is 24.4 Å². The fourth-order valence-electron chi connectivity index (χ4n) is 1.44. The molecule has 0 atom stereocenters. The maximum absolute atomic E-state index is 10.1. The minimum atomic E-state index is -0.909. The molecular formula is C13H20BN3O2S. The largest absolute Gasteiger partial charge is 0.425 e. The number of thiazole rings is 1. The van der Waals surface area contributed by atoms with E-state index in [9.17, 15) is 5.11 Å². The normalized spacial score (nSPS) is 12.7. The Morgan fingerprint density at radius 2 is 2.05 bits per heavy atom. The molecule has 7 heteroatoms. The lowest BCUT2D eigenvalue weighted by atomic mass is 9.85. The fourth-order valence-corrected chi connectivity index (χ4v) is 2.19. The van der Waals surface area contributed by atoms with Crippen molar-refractivity contribution in [2.24, 2.45) is 0 Å². The monoisotopic (exact) mass is 293 g/mol. The van der Waals surface area contributed by atoms with Crippen molar-refractivity contribution in [2.75, 3.05) is 0 Å². The zero-order valence-corrected chi connectivity index (χ0v) is 13.4. The summed E-state index contributed by atoms with van der Waals surface area (Å²) in [5.74, 6) is 0. The van der Waals surface area contributed by atoms with E-state index in [1.807, 2.05) is 36.9 Å². The average Bonchev–Trinajstić information content (AvgIpc) is 2.93. The molecule has 0 aliphatic rings. The second-order valence-electron chi connectivity index (χ2n) is 5.90. The number of nitrogens with zero attached hydrogens (tertiary/aromatic N) is 3. The maximum Gasteiger partial charge on any atom is 0.330 e. The van der Waals surface area contributed by atoms with E-state index >= 15 is 0 Å². The first-order valence-electron chi connectivity index (χ1n) is 6.51. The van der Waals surface area contributed by atoms with E-state index in [1.165, 1.54) is 0 Å². The summed E-state index contributed by atoms with van der Waals surface area (Å²) < 4.78 is 7.70. The Kier molecular flexibility index (Phi) is 4.04. The summed E-state index contributed by atoms with van der Waals surface area (Å²) in [6, 6.07) is 0. The van der Waals surface area contributed by atoms with Gasteiger partial charge in [0.1, 0.15) is 6.33 Å². The fraction of sp³-hybridized carbons (Fsp3) is 0.538. The zero-order valence-electron chi connectivity index (χ0n) is 12.5. The van der Waals surface area contributed by atoms with Gasteiger partial charge < -0.3 is 9.76 Å². The van der Waals surface area contributed by atoms with Crippen LogP contribution in [0.2, 0.25) is 0 Å². The lowest BCUT2D eigenvalue weighted by Gasteiger charge is -2.37. The summed E-state index contributed by atoms with van der Waals surface area (Å²) in [4.78, 5) is 8.70. The van der Waals surface area contributed by atoms with Crippen molar-refractivity contribution in [1.82, 2.24) is 14.5 Å². The molecule has 2 aromatic heterocycles. The van der Waals surface area contributed by atoms with Crippen molar-refractivity contribution in [3.05, 3.63) is 23.6 Å². The number of hydrogen-bond donors (Lipinski definition) is 1. The molecular weight excluding hydrogens is 273 g/mol. The Bertz CT molecular complexity index is 586. The quantitative estimate of drug-likeness (QED) is 0.841. The summed E-state index contributed by atoms with van der Waals surface area (Å²) in [6.07, 6.45) is 3.68. The summed E-state index contributed by atoms with van der Waals surface area (Å²) in [5.41, 5.74) is 0.269. The van der Waals surface area contributed by atoms with Gasteiger partial charge in [0, 0.05) is 17.2 Å². The van der Waals surface area contributed by atoms with E-state index in [4.69, 9.17) is 4.65 Å². The second-order valence-corrected chi connectivity index (χ2v) is 6.74. The SMILES string of the molecule is Cc1cn(-c2nc(BOC(C)(C)C(C)(C)O)cs2)cn1. The summed E-state index contributed by atoms with van der Waals surface area (Å²) in [5, 5.41) is 12.9. The first-order valence-corrected chi connectivity index (χ1v) is 7.39. The van der Waals surface area contributed by atoms with Gasteiger partial charge in [0.05, 0.1) is 16.9 Å². The maximum atomic E-state index is 10.1. The molecule has 0 aliphatic carbocycles. The Morgan fingerprint density at radius 3 is 2.60 bits per heavy atom. The number of rotatable bonds is 5. The van der Waals surface area contributed by atoms with Crippen LogP contribution in [-0.2, 0) is 4.65 Å². The molecule has 20 heavy (non-hydrogen) atoms. The predicted octanol–water partition coefficient (Wildman–Crippen LogP) is 1.18. The Balaban J connectivity index is 2.04. The molecule has 2 aromatic rings. The van der Waals surface area contributed by atoms with Crippen molar-refractivity contribution in [2.45, 2.75) is 45.8 Å². The molecule has 0 aliphatic heterocycles. The molecule has 0 saturated heterocycles. The third-order valence-electron chi connectivity index (χ3n) is 3.53. The van der Waals surface area contributed by atoms with Crippen LogP contribution in [-0.4, -0.2) is 38.3 Å². The van der Waals surface area contributed by atoms with E-state index < -0.39 is 11.2 Å². The molecule has 0 unspecified atom stereocenters. The lowest BCUT2D eigenvalue weighted by Crippen LogP contribution is -2.49. The van der Waals surface area contributed by atoms with Gasteiger partial charge >= 0.3 is 7.48 Å². The number of imidazole rings is 1. The van der Waals surface area contributed by atoms with Gasteiger partial charge in [-0.15, -0.1) is 11.3 Å². The summed E-state index contributed by atoms with van der Waals surface area (Å²) in [6.45, 7) is 9.18. The molecule has 108 valence electrons. The van der Waals surface area contributed by atoms with E-state index in [2.05, 4.69) is 9.97 Å². The van der Waals surface area contributed by atoms with E-state index in [0.717, 1.165) is 16.4 Å². The van der Waals surface area contributed by atoms with Crippen LogP contribution in [0.1, 0.15) is 33.4 Å². The molecule has 0 aromatic carbocycles. The number of aryl methyl sites for hydroxylation is 1. The topological polar surface area (TPSA) is 60.2 Å². The second kappa shape index (κ2) is 5.31. The van der Waals surface area contributed by atoms with Gasteiger partial charge in [-0.3, -0.25) is 4.57 Å². The smallest absolute Gasteiger partial charge is 0.330 e. The Morgan fingerprint density at radius 1 is 1.35 bits per heavy atom. The predicted molar refractivity (Wildman–Crippen MR) is 82.2 cm³/mol. The first kappa shape index (κ1) is 15.2. The van der Waals surface area contributed by atoms with E-state index in [1.54, 1.807) is 31.5 Å². The standard InChI is InChI=1S/C13H20BN3O2S/c1-9-6-17(8-15-9)11-16-10(7-20-11)14-19-13(4,5)12(2,3)18/h6-8,14,18H,1-5H3. The lowest BCUT2D eigenvalue weighted by molar-refractivity contribution is -0.0893. The Hall–Kier alpha value is -1.18. The van der Waals surface area contributed by atoms with E-state index in [0.29, 0.717) is 7.48 Å². The van der Waals surface area contributed by atoms with Crippen LogP contribution in [0.25, 0.3) is 5.13 Å². The number of hydrogen-bond acceptors (Lipinski definition) is 5. The van der Waals surface area contributed by atoms with Crippen molar-refractivity contribution in [3.8, 4) is 5.13 Å². The van der Waals surface area contributed by atoms with Gasteiger partial charge in [-0.05, 0) is 34.6 Å². The zero-order chi connectivity index (χ0) is 15.0. The number of aromatic nitrogens is 3. The molecule has 0 radical (unpaired) electrons. The highest BCUT2D eigenvalue weighted by molar-refractivity contribution is 7.13. The minimum absolute atomic E-state index is 0.376. The Labute approximate surface area is 123 Å². The van der Waals surface area contributed by atoms with Crippen LogP contribution in [0, 0.1) is 6.92 Å². The van der Waals surface area contributed by atoms with E-state index in [-0.39, 0.29) is 0 Å². The summed E-state index contributed by atoms with van der Waals surface area (Å²) in [7, 11) is 0.376. The van der Waals surface area contributed by atoms with Crippen LogP contribution >= 0.6 is 11.3 Å². The van der Waals surface area contributed by atoms with Gasteiger partial charge in [-0.2, -0.15) is 0 Å². The van der Waals surface area contributed by atoms with Gasteiger partial charge in [0.2, 0.25) is 0 Å². The van der Waals surface area contributed by atoms with Crippen molar-refractivity contribution < 1.29 is 9.76 Å². The molecule has 0 spiro atoms. The number of aliphatic hydroxyl groups is 1. The molecule has 0 saturated carbocycles. The molecule has 0 fully saturated rings. The van der Waals surface area contributed by atoms with Crippen molar-refractivity contribution in [3.63, 3.8) is 0 Å². The third-order valence-corrected chi connectivity index (χ3v) is 4.43. The van der Waals surface area contributed by atoms with Gasteiger partial charge in [0.15, 0.2) is 5.13 Å². The van der Waals surface area contributed by atoms with Gasteiger partial charge in [0.25, 0.3) is 0 Å².